The highest BCUT2D eigenvalue weighted by Gasteiger charge is 2.17. The van der Waals surface area contributed by atoms with Crippen molar-refractivity contribution in [1.82, 2.24) is 0 Å². The number of rotatable bonds is 10. The molecular formula is C22H18N4O8. The van der Waals surface area contributed by atoms with Crippen molar-refractivity contribution in [2.24, 2.45) is 0 Å². The second-order valence-corrected chi connectivity index (χ2v) is 6.67. The molecule has 0 aliphatic rings. The minimum Gasteiger partial charge on any atom is -0.480 e. The number of ether oxygens (including phenoxy) is 2. The number of nitro benzene ring substituents is 2. The molecule has 3 aromatic carbocycles. The van der Waals surface area contributed by atoms with Crippen LogP contribution in [0.5, 0.6) is 11.5 Å². The van der Waals surface area contributed by atoms with Gasteiger partial charge in [-0.1, -0.05) is 36.4 Å². The van der Waals surface area contributed by atoms with E-state index in [0.717, 1.165) is 0 Å². The van der Waals surface area contributed by atoms with Crippen molar-refractivity contribution in [2.45, 2.75) is 0 Å². The number of hydrogen-bond donors (Lipinski definition) is 2. The van der Waals surface area contributed by atoms with E-state index in [2.05, 4.69) is 10.6 Å². The van der Waals surface area contributed by atoms with Crippen LogP contribution in [0.25, 0.3) is 0 Å². The maximum Gasteiger partial charge on any atom is 0.292 e. The normalized spacial score (nSPS) is 10.1. The van der Waals surface area contributed by atoms with Gasteiger partial charge in [0.1, 0.15) is 11.4 Å². The quantitative estimate of drug-likeness (QED) is 0.338. The van der Waals surface area contributed by atoms with Gasteiger partial charge in [-0.05, 0) is 24.3 Å². The molecule has 0 heterocycles. The lowest BCUT2D eigenvalue weighted by molar-refractivity contribution is -0.384. The highest BCUT2D eigenvalue weighted by atomic mass is 16.6. The largest absolute Gasteiger partial charge is 0.480 e. The molecule has 0 aromatic heterocycles. The van der Waals surface area contributed by atoms with Crippen molar-refractivity contribution >= 4 is 34.6 Å². The number of anilines is 2. The predicted octanol–water partition coefficient (Wildman–Crippen LogP) is 3.54. The first kappa shape index (κ1) is 23.7. The molecule has 2 N–H and O–H groups in total. The van der Waals surface area contributed by atoms with Gasteiger partial charge in [-0.25, -0.2) is 0 Å². The van der Waals surface area contributed by atoms with Crippen molar-refractivity contribution in [3.05, 3.63) is 93.0 Å². The summed E-state index contributed by atoms with van der Waals surface area (Å²) in [4.78, 5) is 45.3. The van der Waals surface area contributed by atoms with Gasteiger partial charge in [0.15, 0.2) is 24.7 Å². The Morgan fingerprint density at radius 2 is 1.00 bits per heavy atom. The Morgan fingerprint density at radius 3 is 1.38 bits per heavy atom. The number of amides is 2. The van der Waals surface area contributed by atoms with Gasteiger partial charge < -0.3 is 20.1 Å². The minimum absolute atomic E-state index is 0.0253. The number of nitro groups is 2. The van der Waals surface area contributed by atoms with Crippen molar-refractivity contribution in [2.75, 3.05) is 23.8 Å². The SMILES string of the molecule is O=C(COc1ccccc1OCC(=O)Nc1ccccc1[N+](=O)[O-])Nc1ccccc1[N+](=O)[O-]. The third-order valence-electron chi connectivity index (χ3n) is 4.32. The monoisotopic (exact) mass is 466 g/mol. The fourth-order valence-corrected chi connectivity index (χ4v) is 2.82. The Labute approximate surface area is 192 Å². The molecule has 3 aromatic rings. The van der Waals surface area contributed by atoms with E-state index in [9.17, 15) is 29.8 Å². The molecule has 0 aliphatic carbocycles. The van der Waals surface area contributed by atoms with Crippen LogP contribution in [-0.4, -0.2) is 34.9 Å². The van der Waals surface area contributed by atoms with E-state index < -0.39 is 34.9 Å². The summed E-state index contributed by atoms with van der Waals surface area (Å²) in [7, 11) is 0. The molecule has 0 atom stereocenters. The maximum atomic E-state index is 12.2. The van der Waals surface area contributed by atoms with Crippen LogP contribution in [0.2, 0.25) is 0 Å². The summed E-state index contributed by atoms with van der Waals surface area (Å²) >= 11 is 0. The molecule has 34 heavy (non-hydrogen) atoms. The first-order valence-corrected chi connectivity index (χ1v) is 9.76. The second-order valence-electron chi connectivity index (χ2n) is 6.67. The fourth-order valence-electron chi connectivity index (χ4n) is 2.82. The fraction of sp³-hybridized carbons (Fsp3) is 0.0909. The van der Waals surface area contributed by atoms with Gasteiger partial charge >= 0.3 is 0 Å². The van der Waals surface area contributed by atoms with E-state index in [1.165, 1.54) is 48.5 Å². The van der Waals surface area contributed by atoms with Crippen LogP contribution in [0, 0.1) is 20.2 Å². The zero-order valence-corrected chi connectivity index (χ0v) is 17.5. The number of carbonyl (C=O) groups is 2. The molecule has 0 bridgehead atoms. The van der Waals surface area contributed by atoms with Gasteiger partial charge in [-0.3, -0.25) is 29.8 Å². The van der Waals surface area contributed by atoms with E-state index in [-0.39, 0.29) is 34.2 Å². The van der Waals surface area contributed by atoms with E-state index in [1.54, 1.807) is 24.3 Å². The Kier molecular flexibility index (Phi) is 7.68. The van der Waals surface area contributed by atoms with Gasteiger partial charge in [0.25, 0.3) is 23.2 Å². The zero-order chi connectivity index (χ0) is 24.5. The molecule has 0 saturated heterocycles. The Morgan fingerprint density at radius 1 is 0.647 bits per heavy atom. The molecule has 12 nitrogen and oxygen atoms in total. The van der Waals surface area contributed by atoms with Crippen LogP contribution in [0.3, 0.4) is 0 Å². The number of carbonyl (C=O) groups excluding carboxylic acids is 2. The number of nitrogens with one attached hydrogen (secondary N) is 2. The lowest BCUT2D eigenvalue weighted by Gasteiger charge is -2.13. The number of benzene rings is 3. The molecule has 0 spiro atoms. The molecule has 174 valence electrons. The van der Waals surface area contributed by atoms with Crippen molar-refractivity contribution in [3.8, 4) is 11.5 Å². The van der Waals surface area contributed by atoms with Crippen molar-refractivity contribution in [1.29, 1.82) is 0 Å². The summed E-state index contributed by atoms with van der Waals surface area (Å²) in [6, 6.07) is 17.6. The third kappa shape index (κ3) is 6.26. The maximum absolute atomic E-state index is 12.2. The van der Waals surface area contributed by atoms with Gasteiger partial charge in [-0.2, -0.15) is 0 Å². The summed E-state index contributed by atoms with van der Waals surface area (Å²) in [5.41, 5.74) is -0.469. The molecule has 3 rings (SSSR count). The second kappa shape index (κ2) is 11.0. The molecule has 12 heteroatoms. The van der Waals surface area contributed by atoms with Crippen LogP contribution in [0.4, 0.5) is 22.7 Å². The molecule has 0 saturated carbocycles. The van der Waals surface area contributed by atoms with E-state index in [0.29, 0.717) is 0 Å². The topological polar surface area (TPSA) is 163 Å². The summed E-state index contributed by atoms with van der Waals surface area (Å²) in [6.45, 7) is -0.955. The van der Waals surface area contributed by atoms with Crippen molar-refractivity contribution in [3.63, 3.8) is 0 Å². The molecule has 0 aliphatic heterocycles. The van der Waals surface area contributed by atoms with E-state index in [4.69, 9.17) is 9.47 Å². The van der Waals surface area contributed by atoms with Gasteiger partial charge in [0, 0.05) is 12.1 Å². The smallest absolute Gasteiger partial charge is 0.292 e. The lowest BCUT2D eigenvalue weighted by Crippen LogP contribution is -2.22. The van der Waals surface area contributed by atoms with Gasteiger partial charge in [-0.15, -0.1) is 0 Å². The van der Waals surface area contributed by atoms with Crippen LogP contribution in [0.15, 0.2) is 72.8 Å². The average Bonchev–Trinajstić information content (AvgIpc) is 2.82. The number of nitrogens with zero attached hydrogens (tertiary/aromatic N) is 2. The summed E-state index contributed by atoms with van der Waals surface area (Å²) < 4.78 is 10.9. The molecular weight excluding hydrogens is 448 g/mol. The predicted molar refractivity (Wildman–Crippen MR) is 121 cm³/mol. The minimum atomic E-state index is -0.641. The highest BCUT2D eigenvalue weighted by Crippen LogP contribution is 2.28. The van der Waals surface area contributed by atoms with Gasteiger partial charge in [0.2, 0.25) is 0 Å². The van der Waals surface area contributed by atoms with Crippen molar-refractivity contribution < 1.29 is 28.9 Å². The average molecular weight is 466 g/mol. The highest BCUT2D eigenvalue weighted by molar-refractivity contribution is 5.94. The van der Waals surface area contributed by atoms with Crippen LogP contribution < -0.4 is 20.1 Å². The molecule has 2 amide bonds. The molecule has 0 fully saturated rings. The van der Waals surface area contributed by atoms with Gasteiger partial charge in [0.05, 0.1) is 9.85 Å². The summed E-state index contributed by atoms with van der Waals surface area (Å²) in [5.74, 6) is -0.978. The third-order valence-corrected chi connectivity index (χ3v) is 4.32. The summed E-state index contributed by atoms with van der Waals surface area (Å²) in [5, 5.41) is 26.9. The Hall–Kier alpha value is -5.00. The zero-order valence-electron chi connectivity index (χ0n) is 17.5. The first-order chi connectivity index (χ1) is 16.3. The van der Waals surface area contributed by atoms with Crippen LogP contribution in [-0.2, 0) is 9.59 Å². The number of para-hydroxylation sites is 6. The first-order valence-electron chi connectivity index (χ1n) is 9.76. The van der Waals surface area contributed by atoms with E-state index in [1.807, 2.05) is 0 Å². The molecule has 0 unspecified atom stereocenters. The molecule has 0 radical (unpaired) electrons. The standard InChI is InChI=1S/C22H18N4O8/c27-21(23-15-7-1-3-9-17(15)25(29)30)13-33-19-11-5-6-12-20(19)34-14-22(28)24-16-8-2-4-10-18(16)26(31)32/h1-12H,13-14H2,(H,23,27)(H,24,28). The Balaban J connectivity index is 1.58. The Bertz CT molecular complexity index is 1140. The lowest BCUT2D eigenvalue weighted by atomic mass is 10.2. The van der Waals surface area contributed by atoms with Crippen LogP contribution >= 0.6 is 0 Å². The number of hydrogen-bond acceptors (Lipinski definition) is 8. The van der Waals surface area contributed by atoms with Crippen LogP contribution in [0.1, 0.15) is 0 Å². The summed E-state index contributed by atoms with van der Waals surface area (Å²) in [6.07, 6.45) is 0. The van der Waals surface area contributed by atoms with E-state index >= 15 is 0 Å².